The minimum absolute atomic E-state index is 0.0210. The monoisotopic (exact) mass is 319 g/mol. The lowest BCUT2D eigenvalue weighted by molar-refractivity contribution is -0.126. The normalized spacial score (nSPS) is 10.0. The van der Waals surface area contributed by atoms with Crippen LogP contribution in [0.5, 0.6) is 0 Å². The SMILES string of the molecule is CCCC(=O)NCC(=O)NCc1cccc(NC(=O)CCC)c1. The van der Waals surface area contributed by atoms with Crippen LogP contribution in [0.3, 0.4) is 0 Å². The Labute approximate surface area is 137 Å². The molecule has 0 aromatic heterocycles. The Bertz CT molecular complexity index is 544. The molecule has 1 aromatic rings. The van der Waals surface area contributed by atoms with Crippen LogP contribution < -0.4 is 16.0 Å². The Balaban J connectivity index is 2.41. The average Bonchev–Trinajstić information content (AvgIpc) is 2.52. The summed E-state index contributed by atoms with van der Waals surface area (Å²) in [5.41, 5.74) is 1.60. The quantitative estimate of drug-likeness (QED) is 0.650. The lowest BCUT2D eigenvalue weighted by Gasteiger charge is -2.09. The molecule has 6 nitrogen and oxygen atoms in total. The van der Waals surface area contributed by atoms with Crippen LogP contribution in [0.15, 0.2) is 24.3 Å². The van der Waals surface area contributed by atoms with Crippen molar-refractivity contribution in [1.29, 1.82) is 0 Å². The summed E-state index contributed by atoms with van der Waals surface area (Å²) in [5, 5.41) is 8.12. The predicted molar refractivity (Wildman–Crippen MR) is 89.7 cm³/mol. The number of hydrogen-bond donors (Lipinski definition) is 3. The highest BCUT2D eigenvalue weighted by molar-refractivity contribution is 5.90. The summed E-state index contributed by atoms with van der Waals surface area (Å²) in [4.78, 5) is 34.5. The van der Waals surface area contributed by atoms with E-state index in [0.717, 1.165) is 18.4 Å². The first-order chi connectivity index (χ1) is 11.0. The zero-order valence-electron chi connectivity index (χ0n) is 13.8. The number of benzene rings is 1. The molecule has 0 radical (unpaired) electrons. The van der Waals surface area contributed by atoms with Gasteiger partial charge in [-0.15, -0.1) is 0 Å². The van der Waals surface area contributed by atoms with Gasteiger partial charge in [0.2, 0.25) is 17.7 Å². The zero-order chi connectivity index (χ0) is 17.1. The third-order valence-electron chi connectivity index (χ3n) is 3.10. The maximum Gasteiger partial charge on any atom is 0.239 e. The van der Waals surface area contributed by atoms with E-state index in [1.165, 1.54) is 0 Å². The van der Waals surface area contributed by atoms with Gasteiger partial charge in [0, 0.05) is 25.1 Å². The number of nitrogens with one attached hydrogen (secondary N) is 3. The Kier molecular flexibility index (Phi) is 8.42. The summed E-state index contributed by atoms with van der Waals surface area (Å²) in [7, 11) is 0. The van der Waals surface area contributed by atoms with E-state index in [1.54, 1.807) is 0 Å². The molecule has 3 N–H and O–H groups in total. The van der Waals surface area contributed by atoms with Gasteiger partial charge in [0.15, 0.2) is 0 Å². The van der Waals surface area contributed by atoms with Crippen LogP contribution in [-0.4, -0.2) is 24.3 Å². The summed E-state index contributed by atoms with van der Waals surface area (Å²) < 4.78 is 0. The third kappa shape index (κ3) is 7.99. The lowest BCUT2D eigenvalue weighted by Crippen LogP contribution is -2.36. The molecular weight excluding hydrogens is 294 g/mol. The van der Waals surface area contributed by atoms with Gasteiger partial charge in [0.05, 0.1) is 6.54 Å². The molecule has 23 heavy (non-hydrogen) atoms. The number of hydrogen-bond acceptors (Lipinski definition) is 3. The molecule has 0 saturated carbocycles. The molecule has 0 unspecified atom stereocenters. The Morgan fingerprint density at radius 3 is 2.30 bits per heavy atom. The highest BCUT2D eigenvalue weighted by Gasteiger charge is 2.05. The van der Waals surface area contributed by atoms with Crippen molar-refractivity contribution in [2.45, 2.75) is 46.1 Å². The van der Waals surface area contributed by atoms with Gasteiger partial charge in [-0.25, -0.2) is 0 Å². The number of anilines is 1. The van der Waals surface area contributed by atoms with Gasteiger partial charge in [-0.3, -0.25) is 14.4 Å². The van der Waals surface area contributed by atoms with Gasteiger partial charge in [0.1, 0.15) is 0 Å². The van der Waals surface area contributed by atoms with Crippen LogP contribution in [0.2, 0.25) is 0 Å². The van der Waals surface area contributed by atoms with Gasteiger partial charge in [-0.05, 0) is 30.5 Å². The highest BCUT2D eigenvalue weighted by Crippen LogP contribution is 2.11. The fraction of sp³-hybridized carbons (Fsp3) is 0.471. The van der Waals surface area contributed by atoms with E-state index >= 15 is 0 Å². The van der Waals surface area contributed by atoms with E-state index < -0.39 is 0 Å². The summed E-state index contributed by atoms with van der Waals surface area (Å²) in [5.74, 6) is -0.384. The molecule has 126 valence electrons. The fourth-order valence-corrected chi connectivity index (χ4v) is 1.97. The molecule has 0 aliphatic carbocycles. The molecule has 6 heteroatoms. The summed E-state index contributed by atoms with van der Waals surface area (Å²) in [6.07, 6.45) is 2.46. The smallest absolute Gasteiger partial charge is 0.239 e. The summed E-state index contributed by atoms with van der Waals surface area (Å²) in [6.45, 7) is 4.18. The Morgan fingerprint density at radius 2 is 1.61 bits per heavy atom. The first-order valence-electron chi connectivity index (χ1n) is 7.97. The van der Waals surface area contributed by atoms with Crippen LogP contribution in [0, 0.1) is 0 Å². The van der Waals surface area contributed by atoms with Crippen LogP contribution >= 0.6 is 0 Å². The van der Waals surface area contributed by atoms with Gasteiger partial charge < -0.3 is 16.0 Å². The van der Waals surface area contributed by atoms with E-state index in [4.69, 9.17) is 0 Å². The van der Waals surface area contributed by atoms with Gasteiger partial charge in [-0.1, -0.05) is 26.0 Å². The van der Waals surface area contributed by atoms with Crippen molar-refractivity contribution in [2.24, 2.45) is 0 Å². The van der Waals surface area contributed by atoms with Crippen molar-refractivity contribution >= 4 is 23.4 Å². The second-order valence-electron chi connectivity index (χ2n) is 5.30. The van der Waals surface area contributed by atoms with Crippen molar-refractivity contribution in [3.8, 4) is 0 Å². The maximum atomic E-state index is 11.7. The van der Waals surface area contributed by atoms with Crippen LogP contribution in [-0.2, 0) is 20.9 Å². The molecule has 0 fully saturated rings. The number of carbonyl (C=O) groups excluding carboxylic acids is 3. The lowest BCUT2D eigenvalue weighted by atomic mass is 10.2. The van der Waals surface area contributed by atoms with Crippen molar-refractivity contribution in [1.82, 2.24) is 10.6 Å². The van der Waals surface area contributed by atoms with Crippen molar-refractivity contribution in [3.63, 3.8) is 0 Å². The molecule has 0 aliphatic heterocycles. The average molecular weight is 319 g/mol. The van der Waals surface area contributed by atoms with E-state index in [2.05, 4.69) is 16.0 Å². The summed E-state index contributed by atoms with van der Waals surface area (Å²) >= 11 is 0. The maximum absolute atomic E-state index is 11.7. The standard InChI is InChI=1S/C17H25N3O3/c1-3-6-15(21)19-12-17(23)18-11-13-8-5-9-14(10-13)20-16(22)7-4-2/h5,8-10H,3-4,6-7,11-12H2,1-2H3,(H,18,23)(H,19,21)(H,20,22). The van der Waals surface area contributed by atoms with Crippen LogP contribution in [0.25, 0.3) is 0 Å². The molecule has 3 amide bonds. The van der Waals surface area contributed by atoms with Gasteiger partial charge >= 0.3 is 0 Å². The second-order valence-corrected chi connectivity index (χ2v) is 5.30. The molecular formula is C17H25N3O3. The Morgan fingerprint density at radius 1 is 0.913 bits per heavy atom. The van der Waals surface area contributed by atoms with Crippen LogP contribution in [0.4, 0.5) is 5.69 Å². The molecule has 0 heterocycles. The molecule has 0 aliphatic rings. The Hall–Kier alpha value is -2.37. The molecule has 0 bridgehead atoms. The van der Waals surface area contributed by atoms with Crippen molar-refractivity contribution < 1.29 is 14.4 Å². The number of amides is 3. The fourth-order valence-electron chi connectivity index (χ4n) is 1.97. The van der Waals surface area contributed by atoms with E-state index in [0.29, 0.717) is 25.1 Å². The largest absolute Gasteiger partial charge is 0.350 e. The van der Waals surface area contributed by atoms with E-state index in [1.807, 2.05) is 38.1 Å². The first kappa shape index (κ1) is 18.7. The second kappa shape index (κ2) is 10.4. The molecule has 1 aromatic carbocycles. The number of rotatable bonds is 9. The minimum Gasteiger partial charge on any atom is -0.350 e. The van der Waals surface area contributed by atoms with Crippen molar-refractivity contribution in [2.75, 3.05) is 11.9 Å². The number of carbonyl (C=O) groups is 3. The van der Waals surface area contributed by atoms with E-state index in [9.17, 15) is 14.4 Å². The van der Waals surface area contributed by atoms with E-state index in [-0.39, 0.29) is 24.3 Å². The molecule has 0 saturated heterocycles. The first-order valence-corrected chi connectivity index (χ1v) is 7.97. The topological polar surface area (TPSA) is 87.3 Å². The highest BCUT2D eigenvalue weighted by atomic mass is 16.2. The van der Waals surface area contributed by atoms with Crippen molar-refractivity contribution in [3.05, 3.63) is 29.8 Å². The third-order valence-corrected chi connectivity index (χ3v) is 3.10. The van der Waals surface area contributed by atoms with Gasteiger partial charge in [0.25, 0.3) is 0 Å². The molecule has 1 rings (SSSR count). The molecule has 0 spiro atoms. The predicted octanol–water partition coefficient (Wildman–Crippen LogP) is 1.96. The minimum atomic E-state index is -0.241. The zero-order valence-corrected chi connectivity index (χ0v) is 13.8. The molecule has 0 atom stereocenters. The summed E-state index contributed by atoms with van der Waals surface area (Å²) in [6, 6.07) is 7.32. The van der Waals surface area contributed by atoms with Crippen LogP contribution in [0.1, 0.15) is 45.1 Å². The van der Waals surface area contributed by atoms with Gasteiger partial charge in [-0.2, -0.15) is 0 Å².